The zero-order chi connectivity index (χ0) is 13.9. The van der Waals surface area contributed by atoms with Gasteiger partial charge in [-0.05, 0) is 30.2 Å². The van der Waals surface area contributed by atoms with Gasteiger partial charge in [0.15, 0.2) is 5.65 Å². The first-order chi connectivity index (χ1) is 9.72. The Morgan fingerprint density at radius 2 is 2.05 bits per heavy atom. The molecule has 0 bridgehead atoms. The van der Waals surface area contributed by atoms with Crippen LogP contribution in [0.15, 0.2) is 48.7 Å². The largest absolute Gasteiger partial charge is 0.351 e. The van der Waals surface area contributed by atoms with Crippen molar-refractivity contribution in [1.82, 2.24) is 14.6 Å². The Kier molecular flexibility index (Phi) is 3.35. The predicted octanol–water partition coefficient (Wildman–Crippen LogP) is 2.15. The summed E-state index contributed by atoms with van der Waals surface area (Å²) in [5.74, 6) is 0.599. The molecular formula is C15H17N5. The summed E-state index contributed by atoms with van der Waals surface area (Å²) < 4.78 is 1.75. The Bertz CT molecular complexity index is 705. The maximum atomic E-state index is 6.14. The number of nitrogens with two attached hydrogens (primary N) is 1. The molecule has 0 aliphatic heterocycles. The van der Waals surface area contributed by atoms with Gasteiger partial charge < -0.3 is 11.1 Å². The van der Waals surface area contributed by atoms with Gasteiger partial charge >= 0.3 is 0 Å². The summed E-state index contributed by atoms with van der Waals surface area (Å²) in [5, 5.41) is 7.54. The zero-order valence-electron chi connectivity index (χ0n) is 11.3. The van der Waals surface area contributed by atoms with Crippen molar-refractivity contribution in [1.29, 1.82) is 0 Å². The van der Waals surface area contributed by atoms with Gasteiger partial charge in [-0.1, -0.05) is 30.3 Å². The zero-order valence-corrected chi connectivity index (χ0v) is 11.3. The van der Waals surface area contributed by atoms with Gasteiger partial charge in [-0.3, -0.25) is 0 Å². The van der Waals surface area contributed by atoms with Crippen LogP contribution in [0, 0.1) is 6.92 Å². The number of benzene rings is 1. The highest BCUT2D eigenvalue weighted by Crippen LogP contribution is 2.11. The Morgan fingerprint density at radius 1 is 1.25 bits per heavy atom. The Hall–Kier alpha value is -2.40. The fourth-order valence-electron chi connectivity index (χ4n) is 2.08. The average Bonchev–Trinajstić information content (AvgIpc) is 2.87. The molecule has 0 aliphatic carbocycles. The van der Waals surface area contributed by atoms with E-state index in [0.29, 0.717) is 12.5 Å². The maximum Gasteiger partial charge on any atom is 0.243 e. The predicted molar refractivity (Wildman–Crippen MR) is 79.6 cm³/mol. The second-order valence-corrected chi connectivity index (χ2v) is 4.84. The summed E-state index contributed by atoms with van der Waals surface area (Å²) in [7, 11) is 0. The van der Waals surface area contributed by atoms with Gasteiger partial charge in [0.2, 0.25) is 5.95 Å². The molecule has 2 aromatic heterocycles. The van der Waals surface area contributed by atoms with Crippen LogP contribution >= 0.6 is 0 Å². The molecule has 0 aliphatic rings. The van der Waals surface area contributed by atoms with Crippen LogP contribution in [-0.2, 0) is 0 Å². The van der Waals surface area contributed by atoms with Crippen LogP contribution in [0.2, 0.25) is 0 Å². The molecule has 0 spiro atoms. The molecule has 0 amide bonds. The summed E-state index contributed by atoms with van der Waals surface area (Å²) in [4.78, 5) is 4.42. The number of pyridine rings is 1. The van der Waals surface area contributed by atoms with Crippen molar-refractivity contribution >= 4 is 11.6 Å². The van der Waals surface area contributed by atoms with E-state index in [-0.39, 0.29) is 6.04 Å². The van der Waals surface area contributed by atoms with E-state index in [0.717, 1.165) is 16.8 Å². The van der Waals surface area contributed by atoms with Gasteiger partial charge in [0.1, 0.15) is 0 Å². The molecule has 0 saturated heterocycles. The molecule has 5 heteroatoms. The highest BCUT2D eigenvalue weighted by atomic mass is 15.3. The molecule has 1 unspecified atom stereocenters. The van der Waals surface area contributed by atoms with Crippen LogP contribution in [0.4, 0.5) is 5.95 Å². The fourth-order valence-corrected chi connectivity index (χ4v) is 2.08. The van der Waals surface area contributed by atoms with Gasteiger partial charge in [-0.15, -0.1) is 5.10 Å². The number of fused-ring (bicyclic) bond motifs is 1. The smallest absolute Gasteiger partial charge is 0.243 e. The highest BCUT2D eigenvalue weighted by molar-refractivity contribution is 5.45. The first-order valence-corrected chi connectivity index (χ1v) is 6.60. The van der Waals surface area contributed by atoms with E-state index in [1.807, 2.05) is 55.6 Å². The lowest BCUT2D eigenvalue weighted by Crippen LogP contribution is -2.21. The minimum Gasteiger partial charge on any atom is -0.351 e. The lowest BCUT2D eigenvalue weighted by molar-refractivity contribution is 0.757. The SMILES string of the molecule is Cc1ccn2nc(NCC(N)c3ccccc3)nc2c1. The summed E-state index contributed by atoms with van der Waals surface area (Å²) in [5.41, 5.74) is 9.23. The second-order valence-electron chi connectivity index (χ2n) is 4.84. The van der Waals surface area contributed by atoms with E-state index in [4.69, 9.17) is 5.73 Å². The van der Waals surface area contributed by atoms with Crippen LogP contribution in [0.5, 0.6) is 0 Å². The van der Waals surface area contributed by atoms with Crippen molar-refractivity contribution in [2.24, 2.45) is 5.73 Å². The van der Waals surface area contributed by atoms with E-state index in [9.17, 15) is 0 Å². The Labute approximate surface area is 117 Å². The highest BCUT2D eigenvalue weighted by Gasteiger charge is 2.07. The summed E-state index contributed by atoms with van der Waals surface area (Å²) in [6, 6.07) is 13.9. The van der Waals surface area contributed by atoms with Gasteiger partial charge in [-0.2, -0.15) is 4.98 Å². The standard InChI is InChI=1S/C15H17N5/c1-11-7-8-20-14(9-11)18-15(19-20)17-10-13(16)12-5-3-2-4-6-12/h2-9,13H,10,16H2,1H3,(H,17,19). The van der Waals surface area contributed by atoms with Crippen LogP contribution in [0.25, 0.3) is 5.65 Å². The molecule has 20 heavy (non-hydrogen) atoms. The van der Waals surface area contributed by atoms with Crippen molar-refractivity contribution in [3.63, 3.8) is 0 Å². The summed E-state index contributed by atoms with van der Waals surface area (Å²) >= 11 is 0. The van der Waals surface area contributed by atoms with Crippen molar-refractivity contribution in [3.8, 4) is 0 Å². The molecule has 2 heterocycles. The molecular weight excluding hydrogens is 250 g/mol. The van der Waals surface area contributed by atoms with E-state index < -0.39 is 0 Å². The van der Waals surface area contributed by atoms with Crippen LogP contribution in [0.1, 0.15) is 17.2 Å². The second kappa shape index (κ2) is 5.30. The van der Waals surface area contributed by atoms with E-state index in [1.54, 1.807) is 4.52 Å². The minimum absolute atomic E-state index is 0.0791. The summed E-state index contributed by atoms with van der Waals surface area (Å²) in [6.45, 7) is 2.63. The van der Waals surface area contributed by atoms with Crippen molar-refractivity contribution in [2.45, 2.75) is 13.0 Å². The Morgan fingerprint density at radius 3 is 2.85 bits per heavy atom. The lowest BCUT2D eigenvalue weighted by Gasteiger charge is -2.11. The van der Waals surface area contributed by atoms with Gasteiger partial charge in [0.05, 0.1) is 0 Å². The van der Waals surface area contributed by atoms with Crippen LogP contribution < -0.4 is 11.1 Å². The monoisotopic (exact) mass is 267 g/mol. The maximum absolute atomic E-state index is 6.14. The molecule has 3 aromatic rings. The molecule has 3 rings (SSSR count). The number of aromatic nitrogens is 3. The molecule has 3 N–H and O–H groups in total. The van der Waals surface area contributed by atoms with Crippen LogP contribution in [0.3, 0.4) is 0 Å². The van der Waals surface area contributed by atoms with Gasteiger partial charge in [-0.25, -0.2) is 4.52 Å². The van der Waals surface area contributed by atoms with Gasteiger partial charge in [0, 0.05) is 18.8 Å². The van der Waals surface area contributed by atoms with E-state index in [2.05, 4.69) is 15.4 Å². The number of aryl methyl sites for hydroxylation is 1. The number of rotatable bonds is 4. The molecule has 5 nitrogen and oxygen atoms in total. The first kappa shape index (κ1) is 12.6. The quantitative estimate of drug-likeness (QED) is 0.760. The van der Waals surface area contributed by atoms with Crippen molar-refractivity contribution in [2.75, 3.05) is 11.9 Å². The lowest BCUT2D eigenvalue weighted by atomic mass is 10.1. The number of nitrogens with zero attached hydrogens (tertiary/aromatic N) is 3. The number of anilines is 1. The third-order valence-corrected chi connectivity index (χ3v) is 3.20. The third kappa shape index (κ3) is 2.62. The topological polar surface area (TPSA) is 68.2 Å². The normalized spacial score (nSPS) is 12.5. The number of nitrogens with one attached hydrogen (secondary N) is 1. The van der Waals surface area contributed by atoms with Crippen molar-refractivity contribution < 1.29 is 0 Å². The van der Waals surface area contributed by atoms with Gasteiger partial charge in [0.25, 0.3) is 0 Å². The number of hydrogen-bond acceptors (Lipinski definition) is 4. The third-order valence-electron chi connectivity index (χ3n) is 3.20. The molecule has 1 aromatic carbocycles. The van der Waals surface area contributed by atoms with E-state index >= 15 is 0 Å². The number of hydrogen-bond donors (Lipinski definition) is 2. The summed E-state index contributed by atoms with van der Waals surface area (Å²) in [6.07, 6.45) is 1.90. The molecule has 1 atom stereocenters. The molecule has 102 valence electrons. The van der Waals surface area contributed by atoms with Crippen molar-refractivity contribution in [3.05, 3.63) is 59.8 Å². The minimum atomic E-state index is -0.0791. The Balaban J connectivity index is 1.71. The van der Waals surface area contributed by atoms with E-state index in [1.165, 1.54) is 0 Å². The molecule has 0 radical (unpaired) electrons. The average molecular weight is 267 g/mol. The fraction of sp³-hybridized carbons (Fsp3) is 0.200. The molecule has 0 fully saturated rings. The first-order valence-electron chi connectivity index (χ1n) is 6.60. The molecule has 0 saturated carbocycles. The van der Waals surface area contributed by atoms with Crippen LogP contribution in [-0.4, -0.2) is 21.1 Å².